The molecule has 1 fully saturated rings. The fourth-order valence-corrected chi connectivity index (χ4v) is 3.39. The second kappa shape index (κ2) is 8.33. The number of benzene rings is 1. The zero-order valence-corrected chi connectivity index (χ0v) is 14.2. The van der Waals surface area contributed by atoms with Crippen molar-refractivity contribution in [3.63, 3.8) is 0 Å². The zero-order chi connectivity index (χ0) is 15.9. The summed E-state index contributed by atoms with van der Waals surface area (Å²) in [6.45, 7) is 10.7. The van der Waals surface area contributed by atoms with Crippen molar-refractivity contribution in [2.24, 2.45) is 11.8 Å². The normalized spacial score (nSPS) is 22.5. The smallest absolute Gasteiger partial charge is 0.159 e. The Morgan fingerprint density at radius 2 is 1.77 bits per heavy atom. The summed E-state index contributed by atoms with van der Waals surface area (Å²) in [5.41, 5.74) is 0.737. The second-order valence-corrected chi connectivity index (χ2v) is 6.84. The Kier molecular flexibility index (Phi) is 6.44. The lowest BCUT2D eigenvalue weighted by Crippen LogP contribution is -2.39. The van der Waals surface area contributed by atoms with Crippen molar-refractivity contribution in [1.29, 1.82) is 0 Å². The molecular weight excluding hydrogens is 274 g/mol. The molecule has 0 aliphatic carbocycles. The molecule has 0 N–H and O–H groups in total. The molecule has 0 saturated carbocycles. The fourth-order valence-electron chi connectivity index (χ4n) is 3.39. The summed E-state index contributed by atoms with van der Waals surface area (Å²) < 4.78 is 5.74. The van der Waals surface area contributed by atoms with E-state index in [4.69, 9.17) is 4.74 Å². The van der Waals surface area contributed by atoms with E-state index >= 15 is 0 Å². The molecule has 0 spiro atoms. The summed E-state index contributed by atoms with van der Waals surface area (Å²) >= 11 is 0. The number of hydrogen-bond donors (Lipinski definition) is 0. The Bertz CT molecular complexity index is 459. The van der Waals surface area contributed by atoms with E-state index in [1.807, 2.05) is 24.3 Å². The molecule has 0 radical (unpaired) electrons. The summed E-state index contributed by atoms with van der Waals surface area (Å²) in [6, 6.07) is 7.41. The van der Waals surface area contributed by atoms with Gasteiger partial charge in [-0.3, -0.25) is 4.79 Å². The van der Waals surface area contributed by atoms with E-state index in [-0.39, 0.29) is 5.78 Å². The first kappa shape index (κ1) is 17.0. The van der Waals surface area contributed by atoms with Crippen LogP contribution in [0.4, 0.5) is 0 Å². The number of piperidine rings is 1. The molecule has 1 aliphatic heterocycles. The Balaban J connectivity index is 1.62. The van der Waals surface area contributed by atoms with Crippen molar-refractivity contribution in [2.45, 2.75) is 40.0 Å². The minimum Gasteiger partial charge on any atom is -0.494 e. The maximum Gasteiger partial charge on any atom is 0.159 e. The van der Waals surface area contributed by atoms with E-state index in [2.05, 4.69) is 18.7 Å². The predicted octanol–water partition coefficient (Wildman–Crippen LogP) is 4.03. The largest absolute Gasteiger partial charge is 0.494 e. The molecule has 1 aromatic carbocycles. The number of carbonyl (C=O) groups excluding carboxylic acids is 1. The van der Waals surface area contributed by atoms with Crippen molar-refractivity contribution >= 4 is 5.78 Å². The van der Waals surface area contributed by atoms with Gasteiger partial charge in [0.15, 0.2) is 5.78 Å². The summed E-state index contributed by atoms with van der Waals surface area (Å²) in [5.74, 6) is 2.61. The van der Waals surface area contributed by atoms with Crippen LogP contribution in [0.5, 0.6) is 5.75 Å². The Hall–Kier alpha value is -1.35. The lowest BCUT2D eigenvalue weighted by Gasteiger charge is -2.34. The molecule has 0 bridgehead atoms. The second-order valence-electron chi connectivity index (χ2n) is 6.84. The third-order valence-corrected chi connectivity index (χ3v) is 4.34. The minimum atomic E-state index is 0.0940. The molecule has 3 nitrogen and oxygen atoms in total. The number of unbranched alkanes of at least 4 members (excludes halogenated alkanes) is 1. The summed E-state index contributed by atoms with van der Waals surface area (Å²) in [4.78, 5) is 13.8. The number of nitrogens with zero attached hydrogens (tertiary/aromatic N) is 1. The third kappa shape index (κ3) is 5.45. The van der Waals surface area contributed by atoms with Crippen molar-refractivity contribution < 1.29 is 9.53 Å². The highest BCUT2D eigenvalue weighted by molar-refractivity contribution is 5.94. The van der Waals surface area contributed by atoms with Crippen LogP contribution in [-0.2, 0) is 0 Å². The predicted molar refractivity (Wildman–Crippen MR) is 90.6 cm³/mol. The molecule has 2 rings (SSSR count). The number of ketones is 1. The molecule has 22 heavy (non-hydrogen) atoms. The molecule has 3 heteroatoms. The molecule has 122 valence electrons. The third-order valence-electron chi connectivity index (χ3n) is 4.34. The topological polar surface area (TPSA) is 29.5 Å². The Morgan fingerprint density at radius 3 is 2.36 bits per heavy atom. The first-order valence-corrected chi connectivity index (χ1v) is 8.50. The van der Waals surface area contributed by atoms with Gasteiger partial charge in [-0.05, 0) is 68.8 Å². The van der Waals surface area contributed by atoms with Crippen LogP contribution in [0.15, 0.2) is 24.3 Å². The van der Waals surface area contributed by atoms with Crippen molar-refractivity contribution in [3.05, 3.63) is 29.8 Å². The van der Waals surface area contributed by atoms with Gasteiger partial charge in [0.25, 0.3) is 0 Å². The highest BCUT2D eigenvalue weighted by Crippen LogP contribution is 2.21. The molecule has 1 heterocycles. The van der Waals surface area contributed by atoms with E-state index in [9.17, 15) is 4.79 Å². The van der Waals surface area contributed by atoms with Crippen LogP contribution in [0, 0.1) is 11.8 Å². The van der Waals surface area contributed by atoms with Gasteiger partial charge >= 0.3 is 0 Å². The van der Waals surface area contributed by atoms with Crippen LogP contribution >= 0.6 is 0 Å². The van der Waals surface area contributed by atoms with E-state index in [0.717, 1.165) is 36.2 Å². The van der Waals surface area contributed by atoms with Gasteiger partial charge in [0, 0.05) is 18.7 Å². The van der Waals surface area contributed by atoms with Crippen molar-refractivity contribution in [2.75, 3.05) is 26.2 Å². The number of hydrogen-bond acceptors (Lipinski definition) is 3. The quantitative estimate of drug-likeness (QED) is 0.563. The van der Waals surface area contributed by atoms with E-state index in [1.165, 1.54) is 32.5 Å². The number of likely N-dealkylation sites (tertiary alicyclic amines) is 1. The zero-order valence-electron chi connectivity index (χ0n) is 14.2. The van der Waals surface area contributed by atoms with Crippen LogP contribution in [0.3, 0.4) is 0 Å². The fraction of sp³-hybridized carbons (Fsp3) is 0.632. The first-order chi connectivity index (χ1) is 10.5. The summed E-state index contributed by atoms with van der Waals surface area (Å²) in [5, 5.41) is 0. The van der Waals surface area contributed by atoms with Gasteiger partial charge < -0.3 is 9.64 Å². The van der Waals surface area contributed by atoms with Crippen LogP contribution in [-0.4, -0.2) is 36.9 Å². The SMILES string of the molecule is CC(=O)c1ccc(OCCCCN2C[C@@H](C)C[C@H](C)C2)cc1. The van der Waals surface area contributed by atoms with Gasteiger partial charge in [-0.2, -0.15) is 0 Å². The Morgan fingerprint density at radius 1 is 1.14 bits per heavy atom. The maximum atomic E-state index is 11.2. The molecular formula is C19H29NO2. The average Bonchev–Trinajstić information content (AvgIpc) is 2.46. The monoisotopic (exact) mass is 303 g/mol. The van der Waals surface area contributed by atoms with Crippen molar-refractivity contribution in [1.82, 2.24) is 4.90 Å². The lowest BCUT2D eigenvalue weighted by atomic mass is 9.92. The van der Waals surface area contributed by atoms with E-state index < -0.39 is 0 Å². The lowest BCUT2D eigenvalue weighted by molar-refractivity contribution is 0.101. The maximum absolute atomic E-state index is 11.2. The molecule has 0 amide bonds. The van der Waals surface area contributed by atoms with E-state index in [1.54, 1.807) is 6.92 Å². The molecule has 2 atom stereocenters. The van der Waals surface area contributed by atoms with Crippen LogP contribution < -0.4 is 4.74 Å². The van der Waals surface area contributed by atoms with Crippen LogP contribution in [0.25, 0.3) is 0 Å². The van der Waals surface area contributed by atoms with Crippen LogP contribution in [0.1, 0.15) is 50.4 Å². The highest BCUT2D eigenvalue weighted by Gasteiger charge is 2.20. The van der Waals surface area contributed by atoms with Gasteiger partial charge in [-0.15, -0.1) is 0 Å². The standard InChI is InChI=1S/C19H29NO2/c1-15-12-16(2)14-20(13-15)10-4-5-11-22-19-8-6-18(7-9-19)17(3)21/h6-9,15-16H,4-5,10-14H2,1-3H3/t15-,16-/m0/s1. The number of rotatable bonds is 7. The molecule has 1 aromatic rings. The van der Waals surface area contributed by atoms with Gasteiger partial charge in [0.1, 0.15) is 5.75 Å². The Labute approximate surface area is 134 Å². The average molecular weight is 303 g/mol. The molecule has 0 aromatic heterocycles. The molecule has 1 saturated heterocycles. The summed E-state index contributed by atoms with van der Waals surface area (Å²) in [7, 11) is 0. The van der Waals surface area contributed by atoms with Crippen LogP contribution in [0.2, 0.25) is 0 Å². The minimum absolute atomic E-state index is 0.0940. The first-order valence-electron chi connectivity index (χ1n) is 8.50. The van der Waals surface area contributed by atoms with Gasteiger partial charge in [0.05, 0.1) is 6.61 Å². The molecule has 1 aliphatic rings. The van der Waals surface area contributed by atoms with Gasteiger partial charge in [-0.25, -0.2) is 0 Å². The number of carbonyl (C=O) groups is 1. The summed E-state index contributed by atoms with van der Waals surface area (Å²) in [6.07, 6.45) is 3.63. The van der Waals surface area contributed by atoms with Gasteiger partial charge in [0.2, 0.25) is 0 Å². The van der Waals surface area contributed by atoms with Gasteiger partial charge in [-0.1, -0.05) is 13.8 Å². The number of Topliss-reactive ketones (excluding diaryl/α,β-unsaturated/α-hetero) is 1. The highest BCUT2D eigenvalue weighted by atomic mass is 16.5. The molecule has 0 unspecified atom stereocenters. The van der Waals surface area contributed by atoms with Crippen molar-refractivity contribution in [3.8, 4) is 5.75 Å². The van der Waals surface area contributed by atoms with E-state index in [0.29, 0.717) is 0 Å². The number of ether oxygens (including phenoxy) is 1.